The fraction of sp³-hybridized carbons (Fsp3) is 0.500. The third-order valence-electron chi connectivity index (χ3n) is 4.28. The molecule has 120 valence electrons. The maximum absolute atomic E-state index is 12.8. The van der Waals surface area contributed by atoms with Crippen molar-refractivity contribution >= 4 is 39.9 Å². The van der Waals surface area contributed by atoms with Crippen LogP contribution in [0.25, 0.3) is 0 Å². The topological polar surface area (TPSA) is 75.5 Å². The molecule has 0 saturated carbocycles. The van der Waals surface area contributed by atoms with E-state index in [1.807, 2.05) is 4.90 Å². The Morgan fingerprint density at radius 1 is 1.32 bits per heavy atom. The quantitative estimate of drug-likeness (QED) is 0.622. The number of fused-ring (bicyclic) bond motifs is 2. The minimum atomic E-state index is -0.460. The molecule has 2 bridgehead atoms. The van der Waals surface area contributed by atoms with Crippen LogP contribution < -0.4 is 5.32 Å². The van der Waals surface area contributed by atoms with Gasteiger partial charge in [-0.1, -0.05) is 0 Å². The summed E-state index contributed by atoms with van der Waals surface area (Å²) in [7, 11) is 0. The van der Waals surface area contributed by atoms with Gasteiger partial charge in [0.05, 0.1) is 10.5 Å². The highest BCUT2D eigenvalue weighted by Gasteiger charge is 2.38. The van der Waals surface area contributed by atoms with Gasteiger partial charge < -0.3 is 10.2 Å². The molecule has 2 unspecified atom stereocenters. The van der Waals surface area contributed by atoms with Crippen LogP contribution in [0.3, 0.4) is 0 Å². The maximum atomic E-state index is 12.8. The second-order valence-electron chi connectivity index (χ2n) is 5.51. The number of hydrogen-bond acceptors (Lipinski definition) is 4. The van der Waals surface area contributed by atoms with Crippen molar-refractivity contribution in [2.45, 2.75) is 31.3 Å². The largest absolute Gasteiger partial charge is 0.331 e. The van der Waals surface area contributed by atoms with Gasteiger partial charge in [-0.05, 0) is 47.8 Å². The van der Waals surface area contributed by atoms with Crippen LogP contribution in [0.15, 0.2) is 22.7 Å². The van der Waals surface area contributed by atoms with Crippen molar-refractivity contribution in [3.63, 3.8) is 0 Å². The second kappa shape index (κ2) is 6.93. The highest BCUT2D eigenvalue weighted by Crippen LogP contribution is 2.32. The lowest BCUT2D eigenvalue weighted by molar-refractivity contribution is -0.384. The number of nitro benzene ring substituents is 1. The molecule has 1 aromatic carbocycles. The van der Waals surface area contributed by atoms with Gasteiger partial charge in [0.15, 0.2) is 0 Å². The average Bonchev–Trinajstić information content (AvgIpc) is 2.71. The van der Waals surface area contributed by atoms with E-state index in [1.165, 1.54) is 12.1 Å². The van der Waals surface area contributed by atoms with Gasteiger partial charge in [0.25, 0.3) is 11.6 Å². The molecule has 6 nitrogen and oxygen atoms in total. The second-order valence-corrected chi connectivity index (χ2v) is 6.37. The lowest BCUT2D eigenvalue weighted by Crippen LogP contribution is -2.42. The van der Waals surface area contributed by atoms with E-state index in [0.29, 0.717) is 10.0 Å². The van der Waals surface area contributed by atoms with Crippen LogP contribution in [0.2, 0.25) is 0 Å². The van der Waals surface area contributed by atoms with Crippen molar-refractivity contribution in [3.05, 3.63) is 38.3 Å². The van der Waals surface area contributed by atoms with Crippen LogP contribution in [0.1, 0.15) is 29.6 Å². The summed E-state index contributed by atoms with van der Waals surface area (Å²) in [6.45, 7) is 1.76. The summed E-state index contributed by atoms with van der Waals surface area (Å²) in [5.41, 5.74) is 0.485. The lowest BCUT2D eigenvalue weighted by Gasteiger charge is -2.28. The van der Waals surface area contributed by atoms with Gasteiger partial charge in [-0.15, -0.1) is 12.4 Å². The summed E-state index contributed by atoms with van der Waals surface area (Å²) < 4.78 is 0.485. The zero-order chi connectivity index (χ0) is 15.0. The molecule has 0 spiro atoms. The van der Waals surface area contributed by atoms with Crippen LogP contribution in [0, 0.1) is 10.1 Å². The first-order chi connectivity index (χ1) is 10.1. The SMILES string of the molecule is Cl.O=C(c1ccc([N+](=O)[O-])cc1Br)N1C2CCNCC1CC2. The number of nitrogens with zero attached hydrogens (tertiary/aromatic N) is 2. The van der Waals surface area contributed by atoms with Gasteiger partial charge in [-0.2, -0.15) is 0 Å². The van der Waals surface area contributed by atoms with Crippen molar-refractivity contribution in [2.24, 2.45) is 0 Å². The number of rotatable bonds is 2. The molecular formula is C14H17BrClN3O3. The first kappa shape index (κ1) is 17.2. The predicted octanol–water partition coefficient (Wildman–Crippen LogP) is 2.75. The third kappa shape index (κ3) is 3.11. The van der Waals surface area contributed by atoms with Crippen molar-refractivity contribution in [1.82, 2.24) is 10.2 Å². The summed E-state index contributed by atoms with van der Waals surface area (Å²) in [6, 6.07) is 4.83. The van der Waals surface area contributed by atoms with E-state index < -0.39 is 4.92 Å². The van der Waals surface area contributed by atoms with Gasteiger partial charge in [-0.25, -0.2) is 0 Å². The van der Waals surface area contributed by atoms with Crippen LogP contribution in [-0.2, 0) is 0 Å². The number of hydrogen-bond donors (Lipinski definition) is 1. The number of nitro groups is 1. The Labute approximate surface area is 142 Å². The van der Waals surface area contributed by atoms with E-state index >= 15 is 0 Å². The fourth-order valence-electron chi connectivity index (χ4n) is 3.24. The van der Waals surface area contributed by atoms with Crippen LogP contribution in [0.5, 0.6) is 0 Å². The van der Waals surface area contributed by atoms with Gasteiger partial charge in [0.2, 0.25) is 0 Å². The van der Waals surface area contributed by atoms with Gasteiger partial charge in [0.1, 0.15) is 0 Å². The van der Waals surface area contributed by atoms with E-state index in [0.717, 1.165) is 32.4 Å². The van der Waals surface area contributed by atoms with Gasteiger partial charge in [0, 0.05) is 35.2 Å². The van der Waals surface area contributed by atoms with Crippen LogP contribution in [0.4, 0.5) is 5.69 Å². The Morgan fingerprint density at radius 3 is 2.73 bits per heavy atom. The number of carbonyl (C=O) groups excluding carboxylic acids is 1. The van der Waals surface area contributed by atoms with Crippen LogP contribution in [-0.4, -0.2) is 40.9 Å². The minimum absolute atomic E-state index is 0. The van der Waals surface area contributed by atoms with Gasteiger partial charge >= 0.3 is 0 Å². The molecule has 0 radical (unpaired) electrons. The van der Waals surface area contributed by atoms with E-state index in [2.05, 4.69) is 21.2 Å². The smallest absolute Gasteiger partial charge is 0.270 e. The van der Waals surface area contributed by atoms with Crippen molar-refractivity contribution in [3.8, 4) is 0 Å². The summed E-state index contributed by atoms with van der Waals surface area (Å²) in [5, 5.41) is 14.1. The highest BCUT2D eigenvalue weighted by molar-refractivity contribution is 9.10. The molecular weight excluding hydrogens is 374 g/mol. The van der Waals surface area contributed by atoms with E-state index in [1.54, 1.807) is 6.07 Å². The summed E-state index contributed by atoms with van der Waals surface area (Å²) in [5.74, 6) is -0.0343. The summed E-state index contributed by atoms with van der Waals surface area (Å²) in [4.78, 5) is 25.1. The molecule has 2 atom stereocenters. The Hall–Kier alpha value is -1.18. The van der Waals surface area contributed by atoms with Crippen molar-refractivity contribution in [2.75, 3.05) is 13.1 Å². The zero-order valence-electron chi connectivity index (χ0n) is 11.8. The Bertz CT molecular complexity index is 585. The third-order valence-corrected chi connectivity index (χ3v) is 4.94. The summed E-state index contributed by atoms with van der Waals surface area (Å²) >= 11 is 3.29. The molecule has 1 aromatic rings. The van der Waals surface area contributed by atoms with E-state index in [-0.39, 0.29) is 36.1 Å². The molecule has 2 heterocycles. The number of amides is 1. The van der Waals surface area contributed by atoms with E-state index in [9.17, 15) is 14.9 Å². The standard InChI is InChI=1S/C14H16BrN3O3.ClH/c15-13-7-10(18(20)21)3-4-12(13)14(19)17-9-1-2-11(17)8-16-6-5-9;/h3-4,7,9,11,16H,1-2,5-6,8H2;1H. The number of carbonyl (C=O) groups is 1. The van der Waals surface area contributed by atoms with E-state index in [4.69, 9.17) is 0 Å². The Balaban J connectivity index is 0.00000176. The molecule has 2 fully saturated rings. The number of benzene rings is 1. The first-order valence-corrected chi connectivity index (χ1v) is 7.84. The Kier molecular flexibility index (Phi) is 5.41. The minimum Gasteiger partial charge on any atom is -0.331 e. The highest BCUT2D eigenvalue weighted by atomic mass is 79.9. The molecule has 2 aliphatic heterocycles. The predicted molar refractivity (Wildman–Crippen MR) is 88.5 cm³/mol. The van der Waals surface area contributed by atoms with Crippen molar-refractivity contribution < 1.29 is 9.72 Å². The maximum Gasteiger partial charge on any atom is 0.270 e. The fourth-order valence-corrected chi connectivity index (χ4v) is 3.78. The molecule has 8 heteroatoms. The molecule has 1 amide bonds. The Morgan fingerprint density at radius 2 is 2.05 bits per heavy atom. The number of nitrogens with one attached hydrogen (secondary N) is 1. The molecule has 0 aliphatic carbocycles. The number of halogens is 2. The van der Waals surface area contributed by atoms with Crippen molar-refractivity contribution in [1.29, 1.82) is 0 Å². The van der Waals surface area contributed by atoms with Crippen LogP contribution >= 0.6 is 28.3 Å². The number of non-ortho nitro benzene ring substituents is 1. The molecule has 3 rings (SSSR count). The molecule has 0 aromatic heterocycles. The monoisotopic (exact) mass is 389 g/mol. The average molecular weight is 391 g/mol. The normalized spacial score (nSPS) is 23.6. The lowest BCUT2D eigenvalue weighted by atomic mass is 10.1. The van der Waals surface area contributed by atoms with Gasteiger partial charge in [-0.3, -0.25) is 14.9 Å². The summed E-state index contributed by atoms with van der Waals surface area (Å²) in [6.07, 6.45) is 3.03. The molecule has 2 aliphatic rings. The molecule has 22 heavy (non-hydrogen) atoms. The molecule has 2 saturated heterocycles. The first-order valence-electron chi connectivity index (χ1n) is 7.05. The molecule has 1 N–H and O–H groups in total. The zero-order valence-corrected chi connectivity index (χ0v) is 14.2.